The van der Waals surface area contributed by atoms with E-state index in [-0.39, 0.29) is 118 Å². The number of rotatable bonds is 35. The van der Waals surface area contributed by atoms with Crippen LogP contribution in [-0.2, 0) is 80.3 Å². The highest BCUT2D eigenvalue weighted by Gasteiger charge is 2.45. The monoisotopic (exact) mass is 1380 g/mol. The van der Waals surface area contributed by atoms with Gasteiger partial charge in [-0.3, -0.25) is 33.5 Å². The van der Waals surface area contributed by atoms with Gasteiger partial charge in [-0.2, -0.15) is 25.5 Å². The van der Waals surface area contributed by atoms with E-state index >= 15 is 0 Å². The Kier molecular flexibility index (Phi) is 25.3. The predicted octanol–water partition coefficient (Wildman–Crippen LogP) is 2.55. The van der Waals surface area contributed by atoms with Crippen LogP contribution in [0.4, 0.5) is 10.5 Å². The van der Waals surface area contributed by atoms with E-state index < -0.39 is 135 Å². The first-order chi connectivity index (χ1) is 41.1. The second-order valence-corrected chi connectivity index (χ2v) is 29.3. The molecule has 0 saturated carbocycles. The number of nitrogens with one attached hydrogen (secondary N) is 4. The van der Waals surface area contributed by atoms with Crippen molar-refractivity contribution in [2.75, 3.05) is 84.2 Å². The Bertz CT molecular complexity index is 3650. The number of urea groups is 1. The zero-order valence-electron chi connectivity index (χ0n) is 46.2. The van der Waals surface area contributed by atoms with Crippen LogP contribution in [0.3, 0.4) is 0 Å². The van der Waals surface area contributed by atoms with Gasteiger partial charge in [0.05, 0.1) is 88.3 Å². The van der Waals surface area contributed by atoms with Crippen molar-refractivity contribution in [3.8, 4) is 22.5 Å². The van der Waals surface area contributed by atoms with Crippen molar-refractivity contribution >= 4 is 106 Å². The van der Waals surface area contributed by atoms with Gasteiger partial charge in [0.15, 0.2) is 21.1 Å². The number of aromatic carboxylic acids is 1. The zero-order valence-corrected chi connectivity index (χ0v) is 52.1. The van der Waals surface area contributed by atoms with Crippen LogP contribution in [-0.4, -0.2) is 187 Å². The van der Waals surface area contributed by atoms with Crippen LogP contribution < -0.4 is 32.8 Å². The Morgan fingerprint density at radius 2 is 1.48 bits per heavy atom. The third kappa shape index (κ3) is 21.0. The summed E-state index contributed by atoms with van der Waals surface area (Å²) >= 11 is 0. The molecule has 2 aromatic carbocycles. The van der Waals surface area contributed by atoms with Crippen LogP contribution in [0.5, 0.6) is 0 Å². The molecule has 6 rings (SSSR count). The van der Waals surface area contributed by atoms with Crippen molar-refractivity contribution < 1.29 is 129 Å². The second kappa shape index (κ2) is 30.9. The molecule has 6 atom stereocenters. The first-order valence-corrected chi connectivity index (χ1v) is 35.2. The zero-order chi connectivity index (χ0) is 65.0. The number of nitrogens with two attached hydrogens (primary N) is 2. The first kappa shape index (κ1) is 72.1. The SMILES string of the molecule is CC(C)(CNC(=O)CCOCCOCCOCCOCCNC(=O)c1ccc(-c2c3ccc(=N)c(S(=O)(=O)O)c-3oc3c(S(=O)(=O)O)c(N)ccc23)c(C(=O)O)c1)SSCOC1C[C@H](N2C=CC(N)NC2=O)O[C@@H]1COP(=O)(O)OP(=O)(O)OP(=O)(O)O. The lowest BCUT2D eigenvalue weighted by molar-refractivity contribution is -0.122. The largest absolute Gasteiger partial charge is 0.490 e. The fourth-order valence-electron chi connectivity index (χ4n) is 8.28. The van der Waals surface area contributed by atoms with E-state index in [1.807, 2.05) is 13.8 Å². The summed E-state index contributed by atoms with van der Waals surface area (Å²) in [7, 11) is -24.8. The van der Waals surface area contributed by atoms with Crippen molar-refractivity contribution in [3.63, 3.8) is 0 Å². The van der Waals surface area contributed by atoms with Gasteiger partial charge in [0, 0.05) is 59.0 Å². The molecule has 3 heterocycles. The highest BCUT2D eigenvalue weighted by atomic mass is 33.1. The second-order valence-electron chi connectivity index (χ2n) is 19.2. The molecule has 4 unspecified atom stereocenters. The van der Waals surface area contributed by atoms with Crippen LogP contribution in [0.1, 0.15) is 47.4 Å². The number of amides is 4. The van der Waals surface area contributed by atoms with Gasteiger partial charge >= 0.3 is 35.5 Å². The fourth-order valence-corrected chi connectivity index (χ4v) is 15.0. The summed E-state index contributed by atoms with van der Waals surface area (Å²) in [6.07, 6.45) is -1.02. The summed E-state index contributed by atoms with van der Waals surface area (Å²) in [5, 5.41) is 25.4. The van der Waals surface area contributed by atoms with Gasteiger partial charge in [-0.15, -0.1) is 0 Å². The van der Waals surface area contributed by atoms with Gasteiger partial charge in [0.25, 0.3) is 26.1 Å². The lowest BCUT2D eigenvalue weighted by Gasteiger charge is -2.30. The Labute approximate surface area is 508 Å². The minimum absolute atomic E-state index is 0.00116. The van der Waals surface area contributed by atoms with E-state index in [0.29, 0.717) is 0 Å². The lowest BCUT2D eigenvalue weighted by Crippen LogP contribution is -2.52. The Morgan fingerprint density at radius 3 is 2.09 bits per heavy atom. The Hall–Kier alpha value is -5.00. The van der Waals surface area contributed by atoms with E-state index in [9.17, 15) is 73.7 Å². The van der Waals surface area contributed by atoms with Gasteiger partial charge in [-0.25, -0.2) is 23.3 Å². The number of hydrogen-bond acceptors (Lipinski definition) is 26. The normalized spacial score (nSPS) is 18.9. The molecule has 488 valence electrons. The number of nitrogens with zero attached hydrogens (tertiary/aromatic N) is 1. The summed E-state index contributed by atoms with van der Waals surface area (Å²) in [5.41, 5.74) is 9.14. The molecule has 2 aromatic rings. The van der Waals surface area contributed by atoms with Crippen molar-refractivity contribution in [1.29, 1.82) is 5.41 Å². The molecular weight excluding hydrogens is 1320 g/mol. The number of anilines is 1. The molecule has 0 aromatic heterocycles. The molecule has 0 spiro atoms. The molecule has 15 N–H and O–H groups in total. The number of fused-ring (bicyclic) bond motifs is 2. The van der Waals surface area contributed by atoms with E-state index in [1.54, 1.807) is 0 Å². The summed E-state index contributed by atoms with van der Waals surface area (Å²) in [5.74, 6) is -3.33. The molecule has 42 heteroatoms. The average molecular weight is 1380 g/mol. The number of carbonyl (C=O) groups excluding carboxylic acids is 3. The first-order valence-electron chi connectivity index (χ1n) is 25.5. The Balaban J connectivity index is 0.842. The van der Waals surface area contributed by atoms with Crippen molar-refractivity contribution in [2.24, 2.45) is 5.73 Å². The molecule has 4 amide bonds. The van der Waals surface area contributed by atoms with Gasteiger partial charge in [-0.1, -0.05) is 27.7 Å². The predicted molar refractivity (Wildman–Crippen MR) is 308 cm³/mol. The van der Waals surface area contributed by atoms with Crippen LogP contribution in [0.25, 0.3) is 33.4 Å². The molecule has 1 aliphatic carbocycles. The lowest BCUT2D eigenvalue weighted by atomic mass is 9.89. The number of ether oxygens (including phenoxy) is 6. The number of carboxylic acid groups (broad SMARTS) is 1. The van der Waals surface area contributed by atoms with Gasteiger partial charge < -0.3 is 84.9 Å². The quantitative estimate of drug-likeness (QED) is 0.00598. The standard InChI is InChI=1S/C46H62N7O28P3S4/c1-46(2,86-85-25-76-33-22-37(53-12-9-35(49)52-45(53)58)78-34(33)23-77-83(62,63)81-84(64,65)80-82(59,60)61)24-51-36(54)10-13-72-15-17-74-19-20-75-18-16-73-14-11-50-43(55)26-3-4-27(30(21-26)44(56)57)38-28-5-7-31(47)41(87(66,67)68)39(28)79-40-29(38)6-8-32(48)42(40)88(69,70)71/h3-9,12,21,33-35,37,47H,10-11,13-20,22-25,48-49H2,1-2H3,(H,50,55)(H,51,54)(H,52,58)(H,56,57)(H,62,63)(H,64,65)(H2,59,60,61)(H,66,67,68)(H,69,70,71)/t33?,34-,35?,37-/m1/s1. The number of phosphoric ester groups is 1. The third-order valence-electron chi connectivity index (χ3n) is 12.0. The summed E-state index contributed by atoms with van der Waals surface area (Å²) in [6, 6.07) is 7.30. The maximum atomic E-state index is 13.2. The van der Waals surface area contributed by atoms with Crippen LogP contribution >= 0.6 is 45.1 Å². The molecule has 0 radical (unpaired) electrons. The molecule has 88 heavy (non-hydrogen) atoms. The molecule has 35 nitrogen and oxygen atoms in total. The highest BCUT2D eigenvalue weighted by molar-refractivity contribution is 8.77. The van der Waals surface area contributed by atoms with E-state index in [0.717, 1.165) is 23.1 Å². The molecule has 0 bridgehead atoms. The van der Waals surface area contributed by atoms with Crippen molar-refractivity contribution in [1.82, 2.24) is 20.9 Å². The Morgan fingerprint density at radius 1 is 0.852 bits per heavy atom. The van der Waals surface area contributed by atoms with Crippen LogP contribution in [0.2, 0.25) is 0 Å². The molecule has 1 fully saturated rings. The number of nitrogen functional groups attached to an aromatic ring is 1. The van der Waals surface area contributed by atoms with Gasteiger partial charge in [0.2, 0.25) is 5.91 Å². The van der Waals surface area contributed by atoms with Crippen molar-refractivity contribution in [3.05, 3.63) is 71.2 Å². The minimum atomic E-state index is -5.79. The van der Waals surface area contributed by atoms with Crippen LogP contribution in [0.15, 0.2) is 68.9 Å². The van der Waals surface area contributed by atoms with Gasteiger partial charge in [-0.05, 0) is 61.9 Å². The number of carbonyl (C=O) groups is 4. The number of hydrogen-bond donors (Lipinski definition) is 13. The summed E-state index contributed by atoms with van der Waals surface area (Å²) in [6.45, 7) is 4.36. The molecule has 4 aliphatic rings. The maximum Gasteiger partial charge on any atom is 0.490 e. The van der Waals surface area contributed by atoms with E-state index in [4.69, 9.17) is 64.0 Å². The molecular formula is C46H62N7O28P3S4. The van der Waals surface area contributed by atoms with Crippen molar-refractivity contribution in [2.45, 2.75) is 65.8 Å². The summed E-state index contributed by atoms with van der Waals surface area (Å²) in [4.78, 5) is 87.1. The number of carboxylic acids is 1. The molecule has 1 saturated heterocycles. The smallest absolute Gasteiger partial charge is 0.478 e. The van der Waals surface area contributed by atoms with E-state index in [1.165, 1.54) is 58.1 Å². The minimum Gasteiger partial charge on any atom is -0.478 e. The molecule has 3 aliphatic heterocycles. The van der Waals surface area contributed by atoms with E-state index in [2.05, 4.69) is 24.6 Å². The number of phosphoric acid groups is 3. The maximum absolute atomic E-state index is 13.2. The topological polar surface area (TPSA) is 541 Å². The summed E-state index contributed by atoms with van der Waals surface area (Å²) < 4.78 is 156. The number of benzene rings is 3. The highest BCUT2D eigenvalue weighted by Crippen LogP contribution is 2.66. The van der Waals surface area contributed by atoms with Crippen LogP contribution in [0, 0.1) is 5.41 Å². The van der Waals surface area contributed by atoms with Gasteiger partial charge in [0.1, 0.15) is 18.3 Å². The fraction of sp³-hybridized carbons (Fsp3) is 0.457. The average Bonchev–Trinajstić information content (AvgIpc) is 0.885. The third-order valence-corrected chi connectivity index (χ3v) is 20.6.